The van der Waals surface area contributed by atoms with Gasteiger partial charge in [0.15, 0.2) is 0 Å². The Morgan fingerprint density at radius 3 is 2.32 bits per heavy atom. The van der Waals surface area contributed by atoms with Crippen molar-refractivity contribution in [3.8, 4) is 5.75 Å². The van der Waals surface area contributed by atoms with Gasteiger partial charge in [-0.05, 0) is 42.7 Å². The van der Waals surface area contributed by atoms with Crippen LogP contribution in [0.15, 0.2) is 66.4 Å². The molecular formula is C22H25N3O3. The number of H-pyrrole nitrogens is 1. The van der Waals surface area contributed by atoms with Crippen molar-refractivity contribution in [3.05, 3.63) is 77.5 Å². The SMILES string of the molecule is CC(C)=C1c2ccccc2C=CC1C(=O)O.NN.Oc1c[nH]c2ccccc12. The number of rotatable bonds is 1. The number of para-hydroxylation sites is 1. The van der Waals surface area contributed by atoms with Crippen LogP contribution in [-0.4, -0.2) is 21.2 Å². The van der Waals surface area contributed by atoms with Gasteiger partial charge < -0.3 is 15.2 Å². The van der Waals surface area contributed by atoms with Crippen LogP contribution in [0.5, 0.6) is 5.75 Å². The van der Waals surface area contributed by atoms with Crippen LogP contribution in [0.2, 0.25) is 0 Å². The highest BCUT2D eigenvalue weighted by Gasteiger charge is 2.25. The summed E-state index contributed by atoms with van der Waals surface area (Å²) in [5, 5.41) is 19.3. The third-order valence-corrected chi connectivity index (χ3v) is 4.40. The Balaban J connectivity index is 0.000000200. The van der Waals surface area contributed by atoms with Gasteiger partial charge in [0.05, 0.1) is 0 Å². The first kappa shape index (κ1) is 21.0. The van der Waals surface area contributed by atoms with Gasteiger partial charge in [0.2, 0.25) is 0 Å². The molecule has 0 fully saturated rings. The van der Waals surface area contributed by atoms with E-state index in [1.807, 2.05) is 68.5 Å². The van der Waals surface area contributed by atoms with Gasteiger partial charge in [0.25, 0.3) is 0 Å². The first-order valence-electron chi connectivity index (χ1n) is 8.75. The summed E-state index contributed by atoms with van der Waals surface area (Å²) in [5.74, 6) is 7.01. The average molecular weight is 379 g/mol. The van der Waals surface area contributed by atoms with Crippen LogP contribution < -0.4 is 11.7 Å². The summed E-state index contributed by atoms with van der Waals surface area (Å²) < 4.78 is 0. The maximum Gasteiger partial charge on any atom is 0.314 e. The molecule has 1 heterocycles. The molecule has 0 saturated heterocycles. The van der Waals surface area contributed by atoms with Crippen molar-refractivity contribution >= 4 is 28.5 Å². The summed E-state index contributed by atoms with van der Waals surface area (Å²) in [4.78, 5) is 14.1. The quantitative estimate of drug-likeness (QED) is 0.324. The van der Waals surface area contributed by atoms with Gasteiger partial charge in [0.1, 0.15) is 11.7 Å². The zero-order valence-corrected chi connectivity index (χ0v) is 15.9. The third-order valence-electron chi connectivity index (χ3n) is 4.40. The molecular weight excluding hydrogens is 354 g/mol. The molecule has 1 aromatic heterocycles. The van der Waals surface area contributed by atoms with Gasteiger partial charge in [-0.1, -0.05) is 54.1 Å². The molecule has 6 nitrogen and oxygen atoms in total. The largest absolute Gasteiger partial charge is 0.506 e. The molecule has 0 amide bonds. The summed E-state index contributed by atoms with van der Waals surface area (Å²) in [6, 6.07) is 15.5. The molecule has 3 aromatic rings. The monoisotopic (exact) mass is 379 g/mol. The molecule has 146 valence electrons. The van der Waals surface area contributed by atoms with Gasteiger partial charge in [-0.25, -0.2) is 0 Å². The van der Waals surface area contributed by atoms with Crippen LogP contribution in [0.25, 0.3) is 22.6 Å². The predicted octanol–water partition coefficient (Wildman–Crippen LogP) is 3.90. The number of aromatic amines is 1. The summed E-state index contributed by atoms with van der Waals surface area (Å²) in [6.45, 7) is 3.92. The van der Waals surface area contributed by atoms with E-state index in [9.17, 15) is 15.0 Å². The number of nitrogens with two attached hydrogens (primary N) is 2. The second-order valence-electron chi connectivity index (χ2n) is 6.40. The molecule has 2 aromatic carbocycles. The number of carboxylic acids is 1. The predicted molar refractivity (Wildman–Crippen MR) is 113 cm³/mol. The number of carbonyl (C=O) groups is 1. The minimum absolute atomic E-state index is 0.315. The highest BCUT2D eigenvalue weighted by Crippen LogP contribution is 2.35. The van der Waals surface area contributed by atoms with Crippen molar-refractivity contribution in [3.63, 3.8) is 0 Å². The maximum atomic E-state index is 11.2. The van der Waals surface area contributed by atoms with E-state index >= 15 is 0 Å². The van der Waals surface area contributed by atoms with Gasteiger partial charge >= 0.3 is 5.97 Å². The fraction of sp³-hybridized carbons (Fsp3) is 0.136. The Hall–Kier alpha value is -3.35. The summed E-state index contributed by atoms with van der Waals surface area (Å²) in [5.41, 5.74) is 5.09. The standard InChI is InChI=1S/C14H14O2.C8H7NO.H4N2/c1-9(2)13-11-6-4-3-5-10(11)7-8-12(13)14(15)16;10-8-5-9-7-4-2-1-3-6(7)8;1-2/h3-8,12H,1-2H3,(H,15,16);1-5,9-10H;1-2H2. The van der Waals surface area contributed by atoms with E-state index in [1.165, 1.54) is 0 Å². The van der Waals surface area contributed by atoms with Crippen LogP contribution in [-0.2, 0) is 4.79 Å². The first-order valence-corrected chi connectivity index (χ1v) is 8.75. The Morgan fingerprint density at radius 2 is 1.68 bits per heavy atom. The molecule has 0 spiro atoms. The number of allylic oxidation sites excluding steroid dienone is 1. The van der Waals surface area contributed by atoms with E-state index in [4.69, 9.17) is 0 Å². The van der Waals surface area contributed by atoms with E-state index in [2.05, 4.69) is 16.7 Å². The van der Waals surface area contributed by atoms with Gasteiger partial charge in [-0.15, -0.1) is 0 Å². The van der Waals surface area contributed by atoms with Crippen LogP contribution in [0.1, 0.15) is 25.0 Å². The van der Waals surface area contributed by atoms with Crippen LogP contribution in [0.4, 0.5) is 0 Å². The van der Waals surface area contributed by atoms with Crippen molar-refractivity contribution in [1.29, 1.82) is 0 Å². The number of aliphatic carboxylic acids is 1. The fourth-order valence-corrected chi connectivity index (χ4v) is 3.19. The Morgan fingerprint density at radius 1 is 1.04 bits per heavy atom. The summed E-state index contributed by atoms with van der Waals surface area (Å²) in [7, 11) is 0. The van der Waals surface area contributed by atoms with Crippen molar-refractivity contribution < 1.29 is 15.0 Å². The topological polar surface area (TPSA) is 125 Å². The Labute approximate surface area is 163 Å². The molecule has 6 heteroatoms. The molecule has 7 N–H and O–H groups in total. The average Bonchev–Trinajstić information content (AvgIpc) is 3.10. The summed E-state index contributed by atoms with van der Waals surface area (Å²) >= 11 is 0. The first-order chi connectivity index (χ1) is 13.5. The third kappa shape index (κ3) is 4.49. The van der Waals surface area contributed by atoms with Gasteiger partial charge in [-0.3, -0.25) is 16.5 Å². The van der Waals surface area contributed by atoms with E-state index in [-0.39, 0.29) is 0 Å². The fourth-order valence-electron chi connectivity index (χ4n) is 3.19. The molecule has 0 bridgehead atoms. The van der Waals surface area contributed by atoms with Gasteiger partial charge in [-0.2, -0.15) is 0 Å². The second kappa shape index (κ2) is 9.55. The molecule has 0 aliphatic heterocycles. The Kier molecular flexibility index (Phi) is 7.14. The van der Waals surface area contributed by atoms with Crippen molar-refractivity contribution in [2.45, 2.75) is 13.8 Å². The molecule has 4 rings (SSSR count). The van der Waals surface area contributed by atoms with Crippen molar-refractivity contribution in [2.24, 2.45) is 17.6 Å². The number of fused-ring (bicyclic) bond motifs is 2. The highest BCUT2D eigenvalue weighted by molar-refractivity contribution is 5.95. The number of nitrogens with one attached hydrogen (secondary N) is 1. The lowest BCUT2D eigenvalue weighted by atomic mass is 9.82. The number of aromatic hydroxyl groups is 1. The number of hydrazine groups is 1. The number of carboxylic acid groups (broad SMARTS) is 1. The van der Waals surface area contributed by atoms with Crippen LogP contribution >= 0.6 is 0 Å². The van der Waals surface area contributed by atoms with Crippen molar-refractivity contribution in [1.82, 2.24) is 4.98 Å². The van der Waals surface area contributed by atoms with Crippen LogP contribution in [0, 0.1) is 5.92 Å². The number of hydrogen-bond donors (Lipinski definition) is 5. The lowest BCUT2D eigenvalue weighted by Crippen LogP contribution is -2.17. The van der Waals surface area contributed by atoms with E-state index in [0.29, 0.717) is 5.75 Å². The summed E-state index contributed by atoms with van der Waals surface area (Å²) in [6.07, 6.45) is 5.23. The molecule has 1 aliphatic carbocycles. The van der Waals surface area contributed by atoms with Crippen molar-refractivity contribution in [2.75, 3.05) is 0 Å². The molecule has 1 atom stereocenters. The molecule has 0 radical (unpaired) electrons. The molecule has 28 heavy (non-hydrogen) atoms. The lowest BCUT2D eigenvalue weighted by Gasteiger charge is -2.21. The Bertz CT molecular complexity index is 1010. The smallest absolute Gasteiger partial charge is 0.314 e. The zero-order chi connectivity index (χ0) is 20.7. The second-order valence-corrected chi connectivity index (χ2v) is 6.40. The molecule has 1 unspecified atom stereocenters. The van der Waals surface area contributed by atoms with E-state index < -0.39 is 11.9 Å². The van der Waals surface area contributed by atoms with E-state index in [0.717, 1.165) is 33.2 Å². The number of hydrogen-bond acceptors (Lipinski definition) is 4. The van der Waals surface area contributed by atoms with Crippen LogP contribution in [0.3, 0.4) is 0 Å². The number of aromatic nitrogens is 1. The highest BCUT2D eigenvalue weighted by atomic mass is 16.4. The normalized spacial score (nSPS) is 14.3. The molecule has 1 aliphatic rings. The minimum atomic E-state index is -0.790. The number of benzene rings is 2. The minimum Gasteiger partial charge on any atom is -0.506 e. The lowest BCUT2D eigenvalue weighted by molar-refractivity contribution is -0.138. The van der Waals surface area contributed by atoms with E-state index in [1.54, 1.807) is 12.3 Å². The maximum absolute atomic E-state index is 11.2. The molecule has 0 saturated carbocycles. The zero-order valence-electron chi connectivity index (χ0n) is 15.9. The van der Waals surface area contributed by atoms with Gasteiger partial charge in [0, 0.05) is 17.1 Å².